The first kappa shape index (κ1) is 14.2. The fourth-order valence-electron chi connectivity index (χ4n) is 2.56. The number of hydrogen-bond donors (Lipinski definition) is 2. The molecule has 3 rings (SSSR count). The van der Waals surface area contributed by atoms with E-state index >= 15 is 0 Å². The van der Waals surface area contributed by atoms with Gasteiger partial charge < -0.3 is 10.6 Å². The molecule has 0 unspecified atom stereocenters. The molecule has 0 saturated carbocycles. The molecule has 0 saturated heterocycles. The van der Waals surface area contributed by atoms with Crippen LogP contribution in [-0.4, -0.2) is 18.7 Å². The Bertz CT molecular complexity index is 670. The fraction of sp³-hybridized carbons (Fsp3) is 0.235. The Morgan fingerprint density at radius 1 is 1.19 bits per heavy atom. The van der Waals surface area contributed by atoms with Crippen molar-refractivity contribution in [2.45, 2.75) is 17.9 Å². The van der Waals surface area contributed by atoms with E-state index in [1.165, 1.54) is 11.1 Å². The van der Waals surface area contributed by atoms with E-state index in [9.17, 15) is 4.79 Å². The average molecular weight is 298 g/mol. The van der Waals surface area contributed by atoms with Gasteiger partial charge in [-0.3, -0.25) is 4.79 Å². The lowest BCUT2D eigenvalue weighted by Crippen LogP contribution is -2.24. The maximum Gasteiger partial charge on any atom is 0.255 e. The van der Waals surface area contributed by atoms with E-state index in [2.05, 4.69) is 16.7 Å². The Morgan fingerprint density at radius 3 is 2.90 bits per heavy atom. The Morgan fingerprint density at radius 2 is 2.05 bits per heavy atom. The number of carbonyl (C=O) groups is 1. The molecule has 0 atom stereocenters. The molecule has 1 heterocycles. The second kappa shape index (κ2) is 6.33. The predicted octanol–water partition coefficient (Wildman–Crippen LogP) is 3.31. The highest BCUT2D eigenvalue weighted by Gasteiger charge is 2.13. The first-order valence-corrected chi connectivity index (χ1v) is 8.27. The van der Waals surface area contributed by atoms with E-state index in [4.69, 9.17) is 0 Å². The van der Waals surface area contributed by atoms with Gasteiger partial charge in [0.25, 0.3) is 5.91 Å². The van der Waals surface area contributed by atoms with Gasteiger partial charge >= 0.3 is 0 Å². The number of hydrogen-bond acceptors (Lipinski definition) is 3. The third kappa shape index (κ3) is 3.12. The van der Waals surface area contributed by atoms with Crippen molar-refractivity contribution in [3.8, 4) is 0 Å². The standard InChI is InChI=1S/C17H18N2OS/c1-21-16-5-3-2-4-15(16)19-17(20)13-7-6-12-8-9-18-11-14(12)10-13/h2-7,10,18H,8-9,11H2,1H3,(H,19,20). The van der Waals surface area contributed by atoms with Crippen LogP contribution in [0.1, 0.15) is 21.5 Å². The number of carbonyl (C=O) groups excluding carboxylic acids is 1. The van der Waals surface area contributed by atoms with Crippen LogP contribution in [0.2, 0.25) is 0 Å². The highest BCUT2D eigenvalue weighted by Crippen LogP contribution is 2.25. The van der Waals surface area contributed by atoms with Crippen LogP contribution in [0.25, 0.3) is 0 Å². The van der Waals surface area contributed by atoms with E-state index in [0.29, 0.717) is 5.56 Å². The lowest BCUT2D eigenvalue weighted by molar-refractivity contribution is 0.102. The van der Waals surface area contributed by atoms with E-state index in [1.54, 1.807) is 11.8 Å². The predicted molar refractivity (Wildman–Crippen MR) is 88.0 cm³/mol. The smallest absolute Gasteiger partial charge is 0.255 e. The number of para-hydroxylation sites is 1. The molecule has 1 aliphatic heterocycles. The van der Waals surface area contributed by atoms with Crippen molar-refractivity contribution in [2.24, 2.45) is 0 Å². The zero-order chi connectivity index (χ0) is 14.7. The van der Waals surface area contributed by atoms with Gasteiger partial charge in [-0.2, -0.15) is 0 Å². The van der Waals surface area contributed by atoms with Gasteiger partial charge in [0, 0.05) is 17.0 Å². The molecule has 108 valence electrons. The second-order valence-corrected chi connectivity index (χ2v) is 5.91. The summed E-state index contributed by atoms with van der Waals surface area (Å²) < 4.78 is 0. The van der Waals surface area contributed by atoms with Crippen LogP contribution >= 0.6 is 11.8 Å². The van der Waals surface area contributed by atoms with E-state index in [1.807, 2.05) is 42.7 Å². The zero-order valence-corrected chi connectivity index (χ0v) is 12.8. The maximum absolute atomic E-state index is 12.4. The van der Waals surface area contributed by atoms with E-state index < -0.39 is 0 Å². The van der Waals surface area contributed by atoms with Crippen LogP contribution in [0.3, 0.4) is 0 Å². The highest BCUT2D eigenvalue weighted by atomic mass is 32.2. The summed E-state index contributed by atoms with van der Waals surface area (Å²) in [5.41, 5.74) is 4.15. The molecule has 1 aliphatic rings. The number of anilines is 1. The summed E-state index contributed by atoms with van der Waals surface area (Å²) in [6.07, 6.45) is 3.04. The summed E-state index contributed by atoms with van der Waals surface area (Å²) in [5.74, 6) is -0.0510. The Balaban J connectivity index is 1.82. The highest BCUT2D eigenvalue weighted by molar-refractivity contribution is 7.98. The summed E-state index contributed by atoms with van der Waals surface area (Å²) in [5, 5.41) is 6.34. The first-order valence-electron chi connectivity index (χ1n) is 7.05. The van der Waals surface area contributed by atoms with Crippen LogP contribution in [0.15, 0.2) is 47.4 Å². The Hall–Kier alpha value is -1.78. The van der Waals surface area contributed by atoms with Crippen LogP contribution in [-0.2, 0) is 13.0 Å². The van der Waals surface area contributed by atoms with Crippen molar-refractivity contribution in [1.82, 2.24) is 5.32 Å². The quantitative estimate of drug-likeness (QED) is 0.854. The Kier molecular flexibility index (Phi) is 4.27. The van der Waals surface area contributed by atoms with Gasteiger partial charge in [0.05, 0.1) is 5.69 Å². The second-order valence-electron chi connectivity index (χ2n) is 5.06. The van der Waals surface area contributed by atoms with Crippen molar-refractivity contribution in [1.29, 1.82) is 0 Å². The number of rotatable bonds is 3. The van der Waals surface area contributed by atoms with Gasteiger partial charge in [-0.25, -0.2) is 0 Å². The maximum atomic E-state index is 12.4. The number of thioether (sulfide) groups is 1. The number of nitrogens with one attached hydrogen (secondary N) is 2. The number of benzene rings is 2. The zero-order valence-electron chi connectivity index (χ0n) is 12.0. The fourth-order valence-corrected chi connectivity index (χ4v) is 3.12. The minimum absolute atomic E-state index is 0.0510. The van der Waals surface area contributed by atoms with Gasteiger partial charge in [0.2, 0.25) is 0 Å². The van der Waals surface area contributed by atoms with Crippen LogP contribution in [0.5, 0.6) is 0 Å². The molecule has 3 nitrogen and oxygen atoms in total. The number of fused-ring (bicyclic) bond motifs is 1. The van der Waals surface area contributed by atoms with Crippen molar-refractivity contribution < 1.29 is 4.79 Å². The van der Waals surface area contributed by atoms with Gasteiger partial charge in [-0.15, -0.1) is 11.8 Å². The molecular formula is C17H18N2OS. The third-order valence-electron chi connectivity index (χ3n) is 3.71. The normalized spacial score (nSPS) is 13.6. The Labute approximate surface area is 129 Å². The molecule has 0 fully saturated rings. The monoisotopic (exact) mass is 298 g/mol. The van der Waals surface area contributed by atoms with Crippen LogP contribution in [0, 0.1) is 0 Å². The van der Waals surface area contributed by atoms with Crippen molar-refractivity contribution in [3.63, 3.8) is 0 Å². The molecule has 0 aromatic heterocycles. The van der Waals surface area contributed by atoms with Gasteiger partial charge in [-0.05, 0) is 54.6 Å². The lowest BCUT2D eigenvalue weighted by atomic mass is 9.98. The molecular weight excluding hydrogens is 280 g/mol. The minimum Gasteiger partial charge on any atom is -0.321 e. The summed E-state index contributed by atoms with van der Waals surface area (Å²) in [4.78, 5) is 13.5. The lowest BCUT2D eigenvalue weighted by Gasteiger charge is -2.18. The van der Waals surface area contributed by atoms with Crippen LogP contribution in [0.4, 0.5) is 5.69 Å². The summed E-state index contributed by atoms with van der Waals surface area (Å²) in [6.45, 7) is 1.86. The molecule has 21 heavy (non-hydrogen) atoms. The SMILES string of the molecule is CSc1ccccc1NC(=O)c1ccc2c(c1)CNCC2. The molecule has 0 radical (unpaired) electrons. The molecule has 0 aliphatic carbocycles. The van der Waals surface area contributed by atoms with Crippen molar-refractivity contribution >= 4 is 23.4 Å². The van der Waals surface area contributed by atoms with Gasteiger partial charge in [0.15, 0.2) is 0 Å². The third-order valence-corrected chi connectivity index (χ3v) is 4.51. The molecule has 4 heteroatoms. The first-order chi connectivity index (χ1) is 10.3. The van der Waals surface area contributed by atoms with Gasteiger partial charge in [-0.1, -0.05) is 18.2 Å². The van der Waals surface area contributed by atoms with E-state index in [-0.39, 0.29) is 5.91 Å². The number of amides is 1. The molecule has 0 spiro atoms. The van der Waals surface area contributed by atoms with Crippen molar-refractivity contribution in [2.75, 3.05) is 18.1 Å². The molecule has 2 N–H and O–H groups in total. The molecule has 0 bridgehead atoms. The summed E-state index contributed by atoms with van der Waals surface area (Å²) in [6, 6.07) is 13.9. The minimum atomic E-state index is -0.0510. The average Bonchev–Trinajstić information content (AvgIpc) is 2.55. The van der Waals surface area contributed by atoms with Gasteiger partial charge in [0.1, 0.15) is 0 Å². The topological polar surface area (TPSA) is 41.1 Å². The summed E-state index contributed by atoms with van der Waals surface area (Å²) >= 11 is 1.63. The summed E-state index contributed by atoms with van der Waals surface area (Å²) in [7, 11) is 0. The molecule has 2 aromatic carbocycles. The largest absolute Gasteiger partial charge is 0.321 e. The van der Waals surface area contributed by atoms with Crippen molar-refractivity contribution in [3.05, 3.63) is 59.2 Å². The molecule has 1 amide bonds. The van der Waals surface area contributed by atoms with Crippen LogP contribution < -0.4 is 10.6 Å². The molecule has 2 aromatic rings. The van der Waals surface area contributed by atoms with E-state index in [0.717, 1.165) is 30.1 Å².